The van der Waals surface area contributed by atoms with E-state index in [1.165, 1.54) is 37.6 Å². The molecule has 2 aliphatic rings. The van der Waals surface area contributed by atoms with Gasteiger partial charge in [0.05, 0.1) is 18.6 Å². The SMILES string of the molecule is C[C@@H](C(=O)Nc1ccc(OCC2CCC2)nn1)N1CCC(F)(F)[C@@H](c2ccc(=O)[nH]c2)C1. The van der Waals surface area contributed by atoms with Crippen molar-refractivity contribution in [2.45, 2.75) is 50.5 Å². The second-order valence-electron chi connectivity index (χ2n) is 8.57. The quantitative estimate of drug-likeness (QED) is 0.677. The van der Waals surface area contributed by atoms with Gasteiger partial charge in [-0.1, -0.05) is 12.5 Å². The molecule has 8 nitrogen and oxygen atoms in total. The fourth-order valence-corrected chi connectivity index (χ4v) is 3.99. The van der Waals surface area contributed by atoms with Gasteiger partial charge in [-0.05, 0) is 37.3 Å². The van der Waals surface area contributed by atoms with Crippen LogP contribution in [0.4, 0.5) is 14.6 Å². The third kappa shape index (κ3) is 5.12. The van der Waals surface area contributed by atoms with Crippen molar-refractivity contribution >= 4 is 11.7 Å². The number of nitrogens with zero attached hydrogens (tertiary/aromatic N) is 3. The summed E-state index contributed by atoms with van der Waals surface area (Å²) in [5, 5.41) is 10.7. The number of piperidine rings is 1. The number of amides is 1. The third-order valence-corrected chi connectivity index (χ3v) is 6.38. The molecule has 2 aromatic rings. The summed E-state index contributed by atoms with van der Waals surface area (Å²) in [5.74, 6) is -3.13. The van der Waals surface area contributed by atoms with Gasteiger partial charge in [0.15, 0.2) is 5.82 Å². The van der Waals surface area contributed by atoms with Crippen molar-refractivity contribution in [1.29, 1.82) is 0 Å². The van der Waals surface area contributed by atoms with Gasteiger partial charge in [0.1, 0.15) is 0 Å². The second kappa shape index (κ2) is 9.32. The lowest BCUT2D eigenvalue weighted by atomic mass is 9.86. The van der Waals surface area contributed by atoms with Gasteiger partial charge in [-0.15, -0.1) is 10.2 Å². The van der Waals surface area contributed by atoms with E-state index in [-0.39, 0.29) is 36.8 Å². The highest BCUT2D eigenvalue weighted by atomic mass is 19.3. The average molecular weight is 447 g/mol. The van der Waals surface area contributed by atoms with Crippen LogP contribution in [-0.4, -0.2) is 57.6 Å². The van der Waals surface area contributed by atoms with E-state index in [4.69, 9.17) is 4.74 Å². The van der Waals surface area contributed by atoms with Crippen molar-refractivity contribution in [2.75, 3.05) is 25.0 Å². The maximum Gasteiger partial charge on any atom is 0.257 e. The lowest BCUT2D eigenvalue weighted by molar-refractivity contribution is -0.125. The van der Waals surface area contributed by atoms with Crippen LogP contribution in [0.15, 0.2) is 35.3 Å². The first-order valence-electron chi connectivity index (χ1n) is 10.9. The van der Waals surface area contributed by atoms with Gasteiger partial charge < -0.3 is 15.0 Å². The zero-order valence-corrected chi connectivity index (χ0v) is 17.9. The number of carbonyl (C=O) groups is 1. The number of halogens is 2. The zero-order chi connectivity index (χ0) is 22.7. The van der Waals surface area contributed by atoms with Gasteiger partial charge in [-0.25, -0.2) is 8.78 Å². The van der Waals surface area contributed by atoms with Crippen LogP contribution in [0.3, 0.4) is 0 Å². The number of aromatic nitrogens is 3. The summed E-state index contributed by atoms with van der Waals surface area (Å²) in [7, 11) is 0. The van der Waals surface area contributed by atoms with E-state index >= 15 is 0 Å². The lowest BCUT2D eigenvalue weighted by Gasteiger charge is -2.40. The Morgan fingerprint density at radius 2 is 2.12 bits per heavy atom. The Morgan fingerprint density at radius 3 is 2.75 bits per heavy atom. The number of nitrogens with one attached hydrogen (secondary N) is 2. The van der Waals surface area contributed by atoms with Gasteiger partial charge in [0, 0.05) is 37.8 Å². The molecule has 4 rings (SSSR count). The Bertz CT molecular complexity index is 973. The van der Waals surface area contributed by atoms with Crippen molar-refractivity contribution in [3.05, 3.63) is 46.4 Å². The first-order valence-corrected chi connectivity index (χ1v) is 10.9. The minimum Gasteiger partial charge on any atom is -0.476 e. The van der Waals surface area contributed by atoms with Crippen LogP contribution in [0.5, 0.6) is 5.88 Å². The molecule has 172 valence electrons. The Balaban J connectivity index is 1.35. The van der Waals surface area contributed by atoms with Crippen LogP contribution >= 0.6 is 0 Å². The van der Waals surface area contributed by atoms with E-state index in [1.807, 2.05) is 0 Å². The summed E-state index contributed by atoms with van der Waals surface area (Å²) >= 11 is 0. The molecule has 2 N–H and O–H groups in total. The Labute approximate surface area is 184 Å². The summed E-state index contributed by atoms with van der Waals surface area (Å²) in [6.45, 7) is 2.37. The van der Waals surface area contributed by atoms with Gasteiger partial charge in [0.2, 0.25) is 17.3 Å². The molecular weight excluding hydrogens is 420 g/mol. The first kappa shape index (κ1) is 22.3. The van der Waals surface area contributed by atoms with Crippen LogP contribution in [0.1, 0.15) is 44.1 Å². The van der Waals surface area contributed by atoms with E-state index in [1.54, 1.807) is 24.0 Å². The predicted molar refractivity (Wildman–Crippen MR) is 114 cm³/mol. The highest BCUT2D eigenvalue weighted by molar-refractivity contribution is 5.93. The van der Waals surface area contributed by atoms with Crippen molar-refractivity contribution in [3.63, 3.8) is 0 Å². The van der Waals surface area contributed by atoms with Crippen molar-refractivity contribution in [1.82, 2.24) is 20.1 Å². The molecule has 1 aliphatic heterocycles. The number of carbonyl (C=O) groups excluding carboxylic acids is 1. The third-order valence-electron chi connectivity index (χ3n) is 6.38. The first-order chi connectivity index (χ1) is 15.3. The standard InChI is InChI=1S/C22H27F2N5O3/c1-14(21(31)26-18-6-8-20(28-27-18)32-13-15-3-2-4-15)29-10-9-22(23,24)17(12-29)16-5-7-19(30)25-11-16/h5-8,11,14-15,17H,2-4,9-10,12-13H2,1H3,(H,25,30)(H,26,27,31)/t14-,17+/m0/s1. The molecular formula is C22H27F2N5O3. The zero-order valence-electron chi connectivity index (χ0n) is 17.9. The monoisotopic (exact) mass is 447 g/mol. The molecule has 0 aromatic carbocycles. The number of H-pyrrole nitrogens is 1. The summed E-state index contributed by atoms with van der Waals surface area (Å²) in [4.78, 5) is 28.2. The topological polar surface area (TPSA) is 100 Å². The van der Waals surface area contributed by atoms with Gasteiger partial charge in [-0.2, -0.15) is 0 Å². The number of aromatic amines is 1. The molecule has 1 amide bonds. The largest absolute Gasteiger partial charge is 0.476 e. The number of hydrogen-bond donors (Lipinski definition) is 2. The molecule has 2 aromatic heterocycles. The molecule has 2 fully saturated rings. The van der Waals surface area contributed by atoms with E-state index in [0.717, 1.165) is 0 Å². The number of pyridine rings is 1. The average Bonchev–Trinajstić information content (AvgIpc) is 2.74. The van der Waals surface area contributed by atoms with Crippen molar-refractivity contribution in [3.8, 4) is 5.88 Å². The number of alkyl halides is 2. The maximum absolute atomic E-state index is 14.6. The molecule has 1 aliphatic carbocycles. The number of likely N-dealkylation sites (tertiary alicyclic amines) is 1. The molecule has 10 heteroatoms. The smallest absolute Gasteiger partial charge is 0.257 e. The van der Waals surface area contributed by atoms with Gasteiger partial charge >= 0.3 is 0 Å². The van der Waals surface area contributed by atoms with Crippen molar-refractivity contribution < 1.29 is 18.3 Å². The number of ether oxygens (including phenoxy) is 1. The molecule has 0 spiro atoms. The van der Waals surface area contributed by atoms with Crippen LogP contribution in [0, 0.1) is 5.92 Å². The van der Waals surface area contributed by atoms with E-state index in [2.05, 4.69) is 20.5 Å². The lowest BCUT2D eigenvalue weighted by Crippen LogP contribution is -2.52. The van der Waals surface area contributed by atoms with E-state index in [0.29, 0.717) is 24.0 Å². The highest BCUT2D eigenvalue weighted by Crippen LogP contribution is 2.40. The Hall–Kier alpha value is -2.88. The second-order valence-corrected chi connectivity index (χ2v) is 8.57. The van der Waals surface area contributed by atoms with Crippen LogP contribution in [0.25, 0.3) is 0 Å². The molecule has 2 atom stereocenters. The number of anilines is 1. The predicted octanol–water partition coefficient (Wildman–Crippen LogP) is 2.80. The van der Waals surface area contributed by atoms with Gasteiger partial charge in [0.25, 0.3) is 5.92 Å². The fraction of sp³-hybridized carbons (Fsp3) is 0.545. The summed E-state index contributed by atoms with van der Waals surface area (Å²) in [5.41, 5.74) is -0.00620. The molecule has 0 unspecified atom stereocenters. The molecule has 1 saturated heterocycles. The Kier molecular flexibility index (Phi) is 6.50. The fourth-order valence-electron chi connectivity index (χ4n) is 3.99. The molecule has 0 bridgehead atoms. The molecule has 0 radical (unpaired) electrons. The molecule has 1 saturated carbocycles. The molecule has 3 heterocycles. The van der Waals surface area contributed by atoms with E-state index in [9.17, 15) is 18.4 Å². The maximum atomic E-state index is 14.6. The minimum atomic E-state index is -2.92. The summed E-state index contributed by atoms with van der Waals surface area (Å²) < 4.78 is 34.7. The highest BCUT2D eigenvalue weighted by Gasteiger charge is 2.46. The van der Waals surface area contributed by atoms with E-state index < -0.39 is 17.9 Å². The molecule has 32 heavy (non-hydrogen) atoms. The summed E-state index contributed by atoms with van der Waals surface area (Å²) in [6, 6.07) is 5.27. The van der Waals surface area contributed by atoms with Crippen LogP contribution in [-0.2, 0) is 4.79 Å². The number of rotatable bonds is 7. The minimum absolute atomic E-state index is 0.00669. The van der Waals surface area contributed by atoms with Crippen LogP contribution in [0.2, 0.25) is 0 Å². The van der Waals surface area contributed by atoms with Crippen LogP contribution < -0.4 is 15.6 Å². The van der Waals surface area contributed by atoms with Gasteiger partial charge in [-0.3, -0.25) is 14.5 Å². The summed E-state index contributed by atoms with van der Waals surface area (Å²) in [6.07, 6.45) is 4.53. The Morgan fingerprint density at radius 1 is 1.31 bits per heavy atom. The number of hydrogen-bond acceptors (Lipinski definition) is 6. The van der Waals surface area contributed by atoms with Crippen molar-refractivity contribution in [2.24, 2.45) is 5.92 Å². The normalized spacial score (nSPS) is 22.0.